The molecule has 0 aromatic heterocycles. The molecule has 0 aliphatic rings. The summed E-state index contributed by atoms with van der Waals surface area (Å²) in [7, 11) is -3.87. The fraction of sp³-hybridized carbons (Fsp3) is 0.462. The maximum atomic E-state index is 11.9. The van der Waals surface area contributed by atoms with Gasteiger partial charge in [0, 0.05) is 0 Å². The topological polar surface area (TPSA) is 72.5 Å². The normalized spacial score (nSPS) is 12.0. The highest BCUT2D eigenvalue weighted by molar-refractivity contribution is 7.90. The van der Waals surface area contributed by atoms with E-state index in [-0.39, 0.29) is 16.9 Å². The van der Waals surface area contributed by atoms with Gasteiger partial charge < -0.3 is 4.74 Å². The second-order valence-corrected chi connectivity index (χ2v) is 7.24. The molecular weight excluding hydrogens is 266 g/mol. The monoisotopic (exact) mass is 285 g/mol. The van der Waals surface area contributed by atoms with Gasteiger partial charge in [0.2, 0.25) is 0 Å². The van der Waals surface area contributed by atoms with Crippen LogP contribution in [0.1, 0.15) is 26.3 Å². The van der Waals surface area contributed by atoms with Crippen molar-refractivity contribution in [3.05, 3.63) is 29.8 Å². The zero-order chi connectivity index (χ0) is 14.7. The van der Waals surface area contributed by atoms with Gasteiger partial charge in [0.15, 0.2) is 0 Å². The molecular formula is C13H19NO4S. The van der Waals surface area contributed by atoms with Crippen molar-refractivity contribution in [3.8, 4) is 0 Å². The summed E-state index contributed by atoms with van der Waals surface area (Å²) in [5.41, 5.74) is 0.722. The summed E-state index contributed by atoms with van der Waals surface area (Å²) < 4.78 is 30.5. The molecule has 0 saturated heterocycles. The van der Waals surface area contributed by atoms with Gasteiger partial charge in [0.05, 0.1) is 11.5 Å². The van der Waals surface area contributed by atoms with Crippen molar-refractivity contribution in [2.24, 2.45) is 5.41 Å². The first-order valence-corrected chi connectivity index (χ1v) is 7.35. The molecule has 0 fully saturated rings. The fourth-order valence-corrected chi connectivity index (χ4v) is 2.09. The van der Waals surface area contributed by atoms with Crippen molar-refractivity contribution >= 4 is 16.1 Å². The summed E-state index contributed by atoms with van der Waals surface area (Å²) in [4.78, 5) is 11.5. The molecule has 1 aromatic rings. The Bertz CT molecular complexity index is 541. The maximum absolute atomic E-state index is 11.9. The lowest BCUT2D eigenvalue weighted by atomic mass is 9.99. The Morgan fingerprint density at radius 2 is 1.74 bits per heavy atom. The zero-order valence-electron chi connectivity index (χ0n) is 11.6. The molecule has 0 aliphatic carbocycles. The first-order valence-electron chi connectivity index (χ1n) is 5.86. The van der Waals surface area contributed by atoms with E-state index in [2.05, 4.69) is 0 Å². The molecule has 0 heterocycles. The minimum atomic E-state index is -3.87. The van der Waals surface area contributed by atoms with Gasteiger partial charge in [-0.15, -0.1) is 0 Å². The van der Waals surface area contributed by atoms with Gasteiger partial charge in [-0.3, -0.25) is 0 Å². The van der Waals surface area contributed by atoms with Crippen LogP contribution in [0.3, 0.4) is 0 Å². The lowest BCUT2D eigenvalue weighted by Gasteiger charge is -2.17. The molecule has 5 nitrogen and oxygen atoms in total. The molecule has 0 aliphatic heterocycles. The molecule has 0 spiro atoms. The number of sulfonamides is 1. The number of carbonyl (C=O) groups is 1. The summed E-state index contributed by atoms with van der Waals surface area (Å²) in [6, 6.07) is 6.20. The molecule has 1 rings (SSSR count). The number of benzene rings is 1. The summed E-state index contributed by atoms with van der Waals surface area (Å²) in [5, 5.41) is 0. The van der Waals surface area contributed by atoms with E-state index in [4.69, 9.17) is 4.74 Å². The van der Waals surface area contributed by atoms with Gasteiger partial charge in [-0.2, -0.15) is 0 Å². The number of amides is 1. The van der Waals surface area contributed by atoms with Crippen molar-refractivity contribution in [2.75, 3.05) is 6.61 Å². The van der Waals surface area contributed by atoms with Crippen LogP contribution in [0.5, 0.6) is 0 Å². The van der Waals surface area contributed by atoms with E-state index in [1.807, 2.05) is 32.4 Å². The second kappa shape index (κ2) is 5.61. The summed E-state index contributed by atoms with van der Waals surface area (Å²) in [6.45, 7) is 7.64. The first-order chi connectivity index (χ1) is 8.60. The third kappa shape index (κ3) is 5.30. The van der Waals surface area contributed by atoms with Crippen molar-refractivity contribution in [2.45, 2.75) is 32.6 Å². The maximum Gasteiger partial charge on any atom is 0.421 e. The van der Waals surface area contributed by atoms with E-state index in [1.165, 1.54) is 12.1 Å². The fourth-order valence-electron chi connectivity index (χ4n) is 1.20. The standard InChI is InChI=1S/C13H19NO4S/c1-10-5-7-11(8-6-10)19(16,17)14-12(15)18-9-13(2,3)4/h5-8H,9H2,1-4H3,(H,14,15). The largest absolute Gasteiger partial charge is 0.448 e. The second-order valence-electron chi connectivity index (χ2n) is 5.56. The lowest BCUT2D eigenvalue weighted by Crippen LogP contribution is -2.33. The van der Waals surface area contributed by atoms with Gasteiger partial charge in [-0.05, 0) is 24.5 Å². The number of nitrogens with one attached hydrogen (secondary N) is 1. The number of ether oxygens (including phenoxy) is 1. The minimum absolute atomic E-state index is 0.0332. The van der Waals surface area contributed by atoms with Crippen molar-refractivity contribution in [3.63, 3.8) is 0 Å². The molecule has 0 atom stereocenters. The SMILES string of the molecule is Cc1ccc(S(=O)(=O)NC(=O)OCC(C)(C)C)cc1. The molecule has 106 valence electrons. The van der Waals surface area contributed by atoms with Crippen LogP contribution in [0.25, 0.3) is 0 Å². The van der Waals surface area contributed by atoms with Crippen LogP contribution in [0, 0.1) is 12.3 Å². The van der Waals surface area contributed by atoms with Crippen LogP contribution in [0.4, 0.5) is 4.79 Å². The Balaban J connectivity index is 2.70. The molecule has 1 aromatic carbocycles. The van der Waals surface area contributed by atoms with Gasteiger partial charge >= 0.3 is 6.09 Å². The predicted molar refractivity (Wildman–Crippen MR) is 72.3 cm³/mol. The van der Waals surface area contributed by atoms with E-state index in [9.17, 15) is 13.2 Å². The van der Waals surface area contributed by atoms with Gasteiger partial charge in [0.25, 0.3) is 10.0 Å². The Labute approximate surface area is 114 Å². The predicted octanol–water partition coefficient (Wildman–Crippen LogP) is 2.46. The number of carbonyl (C=O) groups excluding carboxylic acids is 1. The molecule has 0 saturated carbocycles. The summed E-state index contributed by atoms with van der Waals surface area (Å²) in [5.74, 6) is 0. The van der Waals surface area contributed by atoms with E-state index >= 15 is 0 Å². The minimum Gasteiger partial charge on any atom is -0.448 e. The molecule has 0 radical (unpaired) electrons. The Morgan fingerprint density at radius 3 is 2.21 bits per heavy atom. The highest BCUT2D eigenvalue weighted by atomic mass is 32.2. The highest BCUT2D eigenvalue weighted by Crippen LogP contribution is 2.14. The zero-order valence-corrected chi connectivity index (χ0v) is 12.4. The number of hydrogen-bond acceptors (Lipinski definition) is 4. The van der Waals surface area contributed by atoms with Crippen LogP contribution in [0.15, 0.2) is 29.2 Å². The summed E-state index contributed by atoms with van der Waals surface area (Å²) in [6.07, 6.45) is -0.962. The molecule has 0 unspecified atom stereocenters. The van der Waals surface area contributed by atoms with Crippen LogP contribution in [-0.2, 0) is 14.8 Å². The molecule has 1 amide bonds. The van der Waals surface area contributed by atoms with E-state index in [0.717, 1.165) is 5.56 Å². The van der Waals surface area contributed by atoms with Crippen molar-refractivity contribution in [1.29, 1.82) is 0 Å². The van der Waals surface area contributed by atoms with Gasteiger partial charge in [-0.25, -0.2) is 17.9 Å². The number of aryl methyl sites for hydroxylation is 1. The average Bonchev–Trinajstić information content (AvgIpc) is 2.25. The van der Waals surface area contributed by atoms with Crippen LogP contribution < -0.4 is 4.72 Å². The highest BCUT2D eigenvalue weighted by Gasteiger charge is 2.20. The average molecular weight is 285 g/mol. The van der Waals surface area contributed by atoms with E-state index in [1.54, 1.807) is 12.1 Å². The van der Waals surface area contributed by atoms with Crippen LogP contribution >= 0.6 is 0 Å². The molecule has 1 N–H and O–H groups in total. The van der Waals surface area contributed by atoms with Crippen LogP contribution in [-0.4, -0.2) is 21.1 Å². The van der Waals surface area contributed by atoms with Crippen molar-refractivity contribution in [1.82, 2.24) is 4.72 Å². The van der Waals surface area contributed by atoms with Gasteiger partial charge in [-0.1, -0.05) is 38.5 Å². The first kappa shape index (κ1) is 15.5. The third-order valence-electron chi connectivity index (χ3n) is 2.19. The Kier molecular flexibility index (Phi) is 4.57. The van der Waals surface area contributed by atoms with Crippen molar-refractivity contribution < 1.29 is 17.9 Å². The smallest absolute Gasteiger partial charge is 0.421 e. The quantitative estimate of drug-likeness (QED) is 0.926. The molecule has 0 bridgehead atoms. The van der Waals surface area contributed by atoms with E-state index in [0.29, 0.717) is 0 Å². The van der Waals surface area contributed by atoms with E-state index < -0.39 is 16.1 Å². The molecule has 19 heavy (non-hydrogen) atoms. The number of hydrogen-bond donors (Lipinski definition) is 1. The summed E-state index contributed by atoms with van der Waals surface area (Å²) >= 11 is 0. The lowest BCUT2D eigenvalue weighted by molar-refractivity contribution is 0.111. The Hall–Kier alpha value is -1.56. The number of rotatable bonds is 3. The van der Waals surface area contributed by atoms with Crippen LogP contribution in [0.2, 0.25) is 0 Å². The Morgan fingerprint density at radius 1 is 1.21 bits per heavy atom. The van der Waals surface area contributed by atoms with Gasteiger partial charge in [0.1, 0.15) is 0 Å². The third-order valence-corrected chi connectivity index (χ3v) is 3.51. The molecule has 6 heteroatoms.